The van der Waals surface area contributed by atoms with Gasteiger partial charge in [-0.25, -0.2) is 0 Å². The fourth-order valence-corrected chi connectivity index (χ4v) is 3.60. The second-order valence-electron chi connectivity index (χ2n) is 7.18. The molecule has 1 heterocycles. The molecule has 2 aromatic carbocycles. The number of ether oxygens (including phenoxy) is 1. The van der Waals surface area contributed by atoms with Crippen LogP contribution in [0.5, 0.6) is 5.75 Å². The van der Waals surface area contributed by atoms with Crippen molar-refractivity contribution in [1.82, 2.24) is 4.90 Å². The molecule has 0 spiro atoms. The molecular weight excluding hydrogens is 405 g/mol. The van der Waals surface area contributed by atoms with E-state index in [0.29, 0.717) is 38.4 Å². The molecule has 2 aromatic rings. The van der Waals surface area contributed by atoms with Crippen LogP contribution in [0.15, 0.2) is 42.5 Å². The SMILES string of the molecule is Cc1ccccc1OCC(O)CN1CCN(c2ccc(Cl)c(C(F)(F)F)c2)CC1. The number of nitrogens with zero attached hydrogens (tertiary/aromatic N) is 2. The van der Waals surface area contributed by atoms with Gasteiger partial charge in [-0.15, -0.1) is 0 Å². The van der Waals surface area contributed by atoms with Crippen molar-refractivity contribution in [3.63, 3.8) is 0 Å². The third-order valence-corrected chi connectivity index (χ3v) is 5.32. The van der Waals surface area contributed by atoms with Gasteiger partial charge in [0.05, 0.1) is 10.6 Å². The molecule has 1 unspecified atom stereocenters. The summed E-state index contributed by atoms with van der Waals surface area (Å²) in [5, 5.41) is 9.98. The zero-order valence-electron chi connectivity index (χ0n) is 16.1. The lowest BCUT2D eigenvalue weighted by atomic mass is 10.1. The molecule has 0 radical (unpaired) electrons. The number of aryl methyl sites for hydroxylation is 1. The van der Waals surface area contributed by atoms with Crippen LogP contribution < -0.4 is 9.64 Å². The largest absolute Gasteiger partial charge is 0.491 e. The van der Waals surface area contributed by atoms with Gasteiger partial charge in [0.15, 0.2) is 0 Å². The summed E-state index contributed by atoms with van der Waals surface area (Å²) in [4.78, 5) is 3.99. The molecular formula is C21H24ClF3N2O2. The number of hydrogen-bond acceptors (Lipinski definition) is 4. The summed E-state index contributed by atoms with van der Waals surface area (Å²) >= 11 is 5.70. The minimum atomic E-state index is -4.48. The highest BCUT2D eigenvalue weighted by molar-refractivity contribution is 6.31. The molecule has 1 saturated heterocycles. The number of halogens is 4. The lowest BCUT2D eigenvalue weighted by Crippen LogP contribution is -2.49. The normalized spacial score (nSPS) is 16.7. The topological polar surface area (TPSA) is 35.9 Å². The summed E-state index contributed by atoms with van der Waals surface area (Å²) in [6.45, 7) is 5.03. The van der Waals surface area contributed by atoms with Gasteiger partial charge in [0.2, 0.25) is 0 Å². The van der Waals surface area contributed by atoms with E-state index >= 15 is 0 Å². The fourth-order valence-electron chi connectivity index (χ4n) is 3.37. The average Bonchev–Trinajstić information content (AvgIpc) is 2.67. The van der Waals surface area contributed by atoms with Crippen molar-refractivity contribution in [3.8, 4) is 5.75 Å². The first-order chi connectivity index (χ1) is 13.7. The quantitative estimate of drug-likeness (QED) is 0.747. The number of aliphatic hydroxyl groups excluding tert-OH is 1. The van der Waals surface area contributed by atoms with Gasteiger partial charge in [0, 0.05) is 38.4 Å². The first kappa shape index (κ1) is 21.7. The Morgan fingerprint density at radius 1 is 1.10 bits per heavy atom. The second-order valence-corrected chi connectivity index (χ2v) is 7.59. The maximum Gasteiger partial charge on any atom is 0.417 e. The van der Waals surface area contributed by atoms with Gasteiger partial charge in [0.1, 0.15) is 18.5 Å². The van der Waals surface area contributed by atoms with Gasteiger partial charge in [-0.3, -0.25) is 4.90 Å². The molecule has 158 valence electrons. The van der Waals surface area contributed by atoms with Gasteiger partial charge in [-0.2, -0.15) is 13.2 Å². The van der Waals surface area contributed by atoms with E-state index < -0.39 is 17.8 Å². The number of benzene rings is 2. The zero-order valence-corrected chi connectivity index (χ0v) is 16.9. The Bertz CT molecular complexity index is 824. The first-order valence-electron chi connectivity index (χ1n) is 9.44. The number of β-amino-alcohol motifs (C(OH)–C–C–N with tert-alkyl or cyclic N) is 1. The Labute approximate surface area is 173 Å². The zero-order chi connectivity index (χ0) is 21.0. The molecule has 1 aliphatic rings. The van der Waals surface area contributed by atoms with Crippen LogP contribution in [0.25, 0.3) is 0 Å². The molecule has 1 N–H and O–H groups in total. The van der Waals surface area contributed by atoms with Crippen molar-refractivity contribution in [2.75, 3.05) is 44.2 Å². The van der Waals surface area contributed by atoms with E-state index in [1.807, 2.05) is 36.1 Å². The lowest BCUT2D eigenvalue weighted by Gasteiger charge is -2.37. The molecule has 0 aromatic heterocycles. The van der Waals surface area contributed by atoms with Crippen molar-refractivity contribution in [3.05, 3.63) is 58.6 Å². The molecule has 8 heteroatoms. The van der Waals surface area contributed by atoms with Crippen LogP contribution in [-0.2, 0) is 6.18 Å². The molecule has 1 aliphatic heterocycles. The van der Waals surface area contributed by atoms with Gasteiger partial charge in [-0.05, 0) is 36.8 Å². The van der Waals surface area contributed by atoms with E-state index in [2.05, 4.69) is 4.90 Å². The predicted molar refractivity (Wildman–Crippen MR) is 108 cm³/mol. The third-order valence-electron chi connectivity index (χ3n) is 4.99. The Balaban J connectivity index is 1.50. The van der Waals surface area contributed by atoms with Gasteiger partial charge >= 0.3 is 6.18 Å². The molecule has 1 atom stereocenters. The van der Waals surface area contributed by atoms with E-state index in [1.165, 1.54) is 6.07 Å². The van der Waals surface area contributed by atoms with Crippen LogP contribution >= 0.6 is 11.6 Å². The number of aliphatic hydroxyl groups is 1. The Morgan fingerprint density at radius 2 is 1.79 bits per heavy atom. The number of piperazine rings is 1. The first-order valence-corrected chi connectivity index (χ1v) is 9.82. The number of para-hydroxylation sites is 1. The maximum absolute atomic E-state index is 13.1. The summed E-state index contributed by atoms with van der Waals surface area (Å²) in [5.74, 6) is 0.750. The minimum Gasteiger partial charge on any atom is -0.491 e. The Kier molecular flexibility index (Phi) is 6.93. The molecule has 0 aliphatic carbocycles. The van der Waals surface area contributed by atoms with E-state index in [9.17, 15) is 18.3 Å². The van der Waals surface area contributed by atoms with Crippen LogP contribution in [0.3, 0.4) is 0 Å². The van der Waals surface area contributed by atoms with Crippen molar-refractivity contribution < 1.29 is 23.0 Å². The number of anilines is 1. The van der Waals surface area contributed by atoms with E-state index in [0.717, 1.165) is 17.4 Å². The smallest absolute Gasteiger partial charge is 0.417 e. The number of rotatable bonds is 6. The molecule has 1 fully saturated rings. The maximum atomic E-state index is 13.1. The van der Waals surface area contributed by atoms with Crippen LogP contribution in [-0.4, -0.2) is 55.4 Å². The minimum absolute atomic E-state index is 0.192. The predicted octanol–water partition coefficient (Wildman–Crippen LogP) is 4.23. The molecule has 3 rings (SSSR count). The number of hydrogen-bond donors (Lipinski definition) is 1. The van der Waals surface area contributed by atoms with Gasteiger partial charge in [0.25, 0.3) is 0 Å². The van der Waals surface area contributed by atoms with Crippen molar-refractivity contribution in [2.45, 2.75) is 19.2 Å². The van der Waals surface area contributed by atoms with E-state index in [-0.39, 0.29) is 11.6 Å². The van der Waals surface area contributed by atoms with E-state index in [1.54, 1.807) is 6.07 Å². The summed E-state index contributed by atoms with van der Waals surface area (Å²) in [6, 6.07) is 11.6. The van der Waals surface area contributed by atoms with Crippen LogP contribution in [0.4, 0.5) is 18.9 Å². The van der Waals surface area contributed by atoms with E-state index in [4.69, 9.17) is 16.3 Å². The Morgan fingerprint density at radius 3 is 2.45 bits per heavy atom. The van der Waals surface area contributed by atoms with Gasteiger partial charge < -0.3 is 14.7 Å². The number of alkyl halides is 3. The van der Waals surface area contributed by atoms with Crippen molar-refractivity contribution >= 4 is 17.3 Å². The highest BCUT2D eigenvalue weighted by Crippen LogP contribution is 2.37. The highest BCUT2D eigenvalue weighted by atomic mass is 35.5. The van der Waals surface area contributed by atoms with Crippen molar-refractivity contribution in [1.29, 1.82) is 0 Å². The molecule has 0 amide bonds. The van der Waals surface area contributed by atoms with Crippen molar-refractivity contribution in [2.24, 2.45) is 0 Å². The van der Waals surface area contributed by atoms with Gasteiger partial charge in [-0.1, -0.05) is 29.8 Å². The van der Waals surface area contributed by atoms with Crippen LogP contribution in [0.1, 0.15) is 11.1 Å². The highest BCUT2D eigenvalue weighted by Gasteiger charge is 2.34. The summed E-state index contributed by atoms with van der Waals surface area (Å²) < 4.78 is 44.9. The second kappa shape index (κ2) is 9.24. The molecule has 4 nitrogen and oxygen atoms in total. The molecule has 29 heavy (non-hydrogen) atoms. The summed E-state index contributed by atoms with van der Waals surface area (Å²) in [7, 11) is 0. The van der Waals surface area contributed by atoms with Crippen LogP contribution in [0, 0.1) is 6.92 Å². The summed E-state index contributed by atoms with van der Waals surface area (Å²) in [6.07, 6.45) is -5.12. The molecule has 0 bridgehead atoms. The molecule has 0 saturated carbocycles. The van der Waals surface area contributed by atoms with Crippen LogP contribution in [0.2, 0.25) is 5.02 Å². The standard InChI is InChI=1S/C21H24ClF3N2O2/c1-15-4-2-3-5-20(15)29-14-17(28)13-26-8-10-27(11-9-26)16-6-7-19(22)18(12-16)21(23,24)25/h2-7,12,17,28H,8-11,13-14H2,1H3. The Hall–Kier alpha value is -1.96. The third kappa shape index (κ3) is 5.78. The summed E-state index contributed by atoms with van der Waals surface area (Å²) in [5.41, 5.74) is 0.696. The average molecular weight is 429 g/mol. The monoisotopic (exact) mass is 428 g/mol. The lowest BCUT2D eigenvalue weighted by molar-refractivity contribution is -0.137. The fraction of sp³-hybridized carbons (Fsp3) is 0.429.